The Hall–Kier alpha value is -1.32. The molecule has 0 heterocycles. The first-order valence-electron chi connectivity index (χ1n) is 11.8. The number of fused-ring (bicyclic) bond motifs is 9. The van der Waals surface area contributed by atoms with Crippen LogP contribution in [-0.4, -0.2) is 24.1 Å². The number of hydrogen-bond donors (Lipinski definition) is 0. The molecule has 0 aromatic rings. The van der Waals surface area contributed by atoms with Crippen molar-refractivity contribution in [2.75, 3.05) is 0 Å². The molecule has 6 aliphatic carbocycles. The highest BCUT2D eigenvalue weighted by Crippen LogP contribution is 2.69. The van der Waals surface area contributed by atoms with Crippen LogP contribution in [0.5, 0.6) is 0 Å². The van der Waals surface area contributed by atoms with Crippen molar-refractivity contribution in [1.29, 1.82) is 0 Å². The predicted molar refractivity (Wildman–Crippen MR) is 103 cm³/mol. The van der Waals surface area contributed by atoms with Gasteiger partial charge in [-0.05, 0) is 99.7 Å². The number of hydrogen-bond acceptors (Lipinski definition) is 4. The first-order chi connectivity index (χ1) is 13.7. The van der Waals surface area contributed by atoms with Gasteiger partial charge in [-0.1, -0.05) is 12.2 Å². The molecule has 0 aromatic carbocycles. The van der Waals surface area contributed by atoms with E-state index in [1.54, 1.807) is 0 Å². The molecule has 5 saturated carbocycles. The molecule has 0 amide bonds. The lowest BCUT2D eigenvalue weighted by Gasteiger charge is -2.40. The summed E-state index contributed by atoms with van der Waals surface area (Å²) in [5.74, 6) is 2.40. The molecule has 5 fully saturated rings. The fourth-order valence-electron chi connectivity index (χ4n) is 8.18. The van der Waals surface area contributed by atoms with Crippen LogP contribution in [0.2, 0.25) is 0 Å². The molecule has 0 radical (unpaired) electrons. The zero-order valence-electron chi connectivity index (χ0n) is 16.6. The molecule has 4 heteroatoms. The standard InChI is InChI=1S/C24H32O4/c25-23(27-15-5-1-2-6-15)21-17-12-18(20-14-10-9-13(11-14)19(17)20)22(21)24(26)28-16-7-3-4-8-16/h9-10,13-22H,1-8,11-12H2. The van der Waals surface area contributed by atoms with Crippen molar-refractivity contribution in [2.24, 2.45) is 47.3 Å². The second-order valence-electron chi connectivity index (χ2n) is 10.4. The maximum Gasteiger partial charge on any atom is 0.310 e. The molecule has 0 aromatic heterocycles. The number of esters is 2. The highest BCUT2D eigenvalue weighted by molar-refractivity contribution is 5.84. The SMILES string of the molecule is O=C(OC1CCCC1)C1C2CC(C1C(=O)OC1CCCC1)C1C3C=CC(C3)C21. The van der Waals surface area contributed by atoms with Crippen LogP contribution in [0.4, 0.5) is 0 Å². The Kier molecular flexibility index (Phi) is 4.13. The number of rotatable bonds is 4. The van der Waals surface area contributed by atoms with Crippen molar-refractivity contribution in [2.45, 2.75) is 76.4 Å². The normalized spacial score (nSPS) is 46.4. The molecule has 6 aliphatic rings. The van der Waals surface area contributed by atoms with Gasteiger partial charge < -0.3 is 9.47 Å². The van der Waals surface area contributed by atoms with Crippen LogP contribution in [0.1, 0.15) is 64.2 Å². The van der Waals surface area contributed by atoms with Crippen LogP contribution in [0.3, 0.4) is 0 Å². The monoisotopic (exact) mass is 384 g/mol. The van der Waals surface area contributed by atoms with Gasteiger partial charge in [-0.2, -0.15) is 0 Å². The molecule has 28 heavy (non-hydrogen) atoms. The lowest BCUT2D eigenvalue weighted by Crippen LogP contribution is -2.45. The van der Waals surface area contributed by atoms with Crippen molar-refractivity contribution >= 4 is 11.9 Å². The molecule has 8 atom stereocenters. The van der Waals surface area contributed by atoms with Crippen LogP contribution in [0.15, 0.2) is 12.2 Å². The highest BCUT2D eigenvalue weighted by atomic mass is 16.6. The fourth-order valence-corrected chi connectivity index (χ4v) is 8.18. The van der Waals surface area contributed by atoms with Crippen LogP contribution in [-0.2, 0) is 19.1 Å². The highest BCUT2D eigenvalue weighted by Gasteiger charge is 2.68. The fraction of sp³-hybridized carbons (Fsp3) is 0.833. The number of carbonyl (C=O) groups excluding carboxylic acids is 2. The summed E-state index contributed by atoms with van der Waals surface area (Å²) < 4.78 is 11.9. The van der Waals surface area contributed by atoms with E-state index >= 15 is 0 Å². The number of allylic oxidation sites excluding steroid dienone is 2. The van der Waals surface area contributed by atoms with Gasteiger partial charge in [-0.3, -0.25) is 9.59 Å². The van der Waals surface area contributed by atoms with Gasteiger partial charge in [0, 0.05) is 0 Å². The predicted octanol–water partition coefficient (Wildman–Crippen LogP) is 4.28. The Morgan fingerprint density at radius 1 is 0.643 bits per heavy atom. The van der Waals surface area contributed by atoms with Crippen molar-refractivity contribution in [1.82, 2.24) is 0 Å². The largest absolute Gasteiger partial charge is 0.462 e. The Morgan fingerprint density at radius 3 is 1.50 bits per heavy atom. The molecule has 4 nitrogen and oxygen atoms in total. The molecular formula is C24H32O4. The summed E-state index contributed by atoms with van der Waals surface area (Å²) in [6.07, 6.45) is 15.8. The molecular weight excluding hydrogens is 352 g/mol. The van der Waals surface area contributed by atoms with Crippen LogP contribution < -0.4 is 0 Å². The summed E-state index contributed by atoms with van der Waals surface area (Å²) in [6.45, 7) is 0. The molecule has 0 aliphatic heterocycles. The Bertz CT molecular complexity index is 631. The zero-order chi connectivity index (χ0) is 18.8. The van der Waals surface area contributed by atoms with Crippen LogP contribution in [0.25, 0.3) is 0 Å². The van der Waals surface area contributed by atoms with Gasteiger partial charge >= 0.3 is 11.9 Å². The van der Waals surface area contributed by atoms with E-state index in [4.69, 9.17) is 9.47 Å². The first-order valence-corrected chi connectivity index (χ1v) is 11.8. The van der Waals surface area contributed by atoms with E-state index in [9.17, 15) is 9.59 Å². The smallest absolute Gasteiger partial charge is 0.310 e. The second kappa shape index (κ2) is 6.60. The van der Waals surface area contributed by atoms with Crippen LogP contribution >= 0.6 is 0 Å². The Morgan fingerprint density at radius 2 is 1.07 bits per heavy atom. The van der Waals surface area contributed by atoms with E-state index in [1.165, 1.54) is 6.42 Å². The lowest BCUT2D eigenvalue weighted by molar-refractivity contribution is -0.172. The summed E-state index contributed by atoms with van der Waals surface area (Å²) in [5, 5.41) is 0. The Balaban J connectivity index is 1.26. The zero-order valence-corrected chi connectivity index (χ0v) is 16.6. The minimum atomic E-state index is -0.256. The topological polar surface area (TPSA) is 52.6 Å². The van der Waals surface area contributed by atoms with Gasteiger partial charge in [0.1, 0.15) is 12.2 Å². The summed E-state index contributed by atoms with van der Waals surface area (Å²) >= 11 is 0. The third-order valence-electron chi connectivity index (χ3n) is 9.14. The van der Waals surface area contributed by atoms with E-state index in [2.05, 4.69) is 12.2 Å². The van der Waals surface area contributed by atoms with Crippen molar-refractivity contribution in [3.63, 3.8) is 0 Å². The van der Waals surface area contributed by atoms with E-state index in [0.29, 0.717) is 35.5 Å². The molecule has 152 valence electrons. The van der Waals surface area contributed by atoms with Gasteiger partial charge in [-0.15, -0.1) is 0 Å². The molecule has 6 rings (SSSR count). The van der Waals surface area contributed by atoms with E-state index in [1.807, 2.05) is 0 Å². The van der Waals surface area contributed by atoms with E-state index in [0.717, 1.165) is 57.8 Å². The average molecular weight is 385 g/mol. The summed E-state index contributed by atoms with van der Waals surface area (Å²) in [4.78, 5) is 26.6. The van der Waals surface area contributed by atoms with Crippen molar-refractivity contribution < 1.29 is 19.1 Å². The number of ether oxygens (including phenoxy) is 2. The van der Waals surface area contributed by atoms with E-state index < -0.39 is 0 Å². The van der Waals surface area contributed by atoms with Crippen LogP contribution in [0, 0.1) is 47.3 Å². The summed E-state index contributed by atoms with van der Waals surface area (Å²) in [5.41, 5.74) is 0. The number of carbonyl (C=O) groups is 2. The third-order valence-corrected chi connectivity index (χ3v) is 9.14. The summed E-state index contributed by atoms with van der Waals surface area (Å²) in [6, 6.07) is 0. The van der Waals surface area contributed by atoms with Gasteiger partial charge in [0.15, 0.2) is 0 Å². The minimum Gasteiger partial charge on any atom is -0.462 e. The van der Waals surface area contributed by atoms with Gasteiger partial charge in [-0.25, -0.2) is 0 Å². The third kappa shape index (κ3) is 2.55. The minimum absolute atomic E-state index is 0.0776. The average Bonchev–Trinajstić information content (AvgIpc) is 3.51. The quantitative estimate of drug-likeness (QED) is 0.412. The van der Waals surface area contributed by atoms with Crippen molar-refractivity contribution in [3.05, 3.63) is 12.2 Å². The molecule has 0 saturated heterocycles. The van der Waals surface area contributed by atoms with E-state index in [-0.39, 0.29) is 36.0 Å². The Labute approximate surface area is 167 Å². The van der Waals surface area contributed by atoms with Gasteiger partial charge in [0.2, 0.25) is 0 Å². The summed E-state index contributed by atoms with van der Waals surface area (Å²) in [7, 11) is 0. The second-order valence-corrected chi connectivity index (χ2v) is 10.4. The van der Waals surface area contributed by atoms with Gasteiger partial charge in [0.05, 0.1) is 11.8 Å². The molecule has 0 N–H and O–H groups in total. The van der Waals surface area contributed by atoms with Crippen molar-refractivity contribution in [3.8, 4) is 0 Å². The molecule has 0 spiro atoms. The first kappa shape index (κ1) is 17.5. The molecule has 8 unspecified atom stereocenters. The van der Waals surface area contributed by atoms with Gasteiger partial charge in [0.25, 0.3) is 0 Å². The molecule has 4 bridgehead atoms. The maximum atomic E-state index is 13.3. The maximum absolute atomic E-state index is 13.3. The lowest BCUT2D eigenvalue weighted by atomic mass is 9.64.